The zero-order chi connectivity index (χ0) is 19.1. The van der Waals surface area contributed by atoms with Crippen LogP contribution in [0, 0.1) is 25.2 Å². The van der Waals surface area contributed by atoms with Gasteiger partial charge in [-0.25, -0.2) is 0 Å². The molecule has 2 rings (SSSR count). The van der Waals surface area contributed by atoms with Crippen molar-refractivity contribution >= 4 is 17.6 Å². The summed E-state index contributed by atoms with van der Waals surface area (Å²) in [5.41, 5.74) is 1.82. The van der Waals surface area contributed by atoms with Crippen LogP contribution in [0.15, 0.2) is 18.2 Å². The molecule has 0 aromatic heterocycles. The van der Waals surface area contributed by atoms with E-state index in [-0.39, 0.29) is 12.5 Å². The Bertz CT molecular complexity index is 548. The highest BCUT2D eigenvalue weighted by Crippen LogP contribution is 2.41. The maximum atomic E-state index is 12.4. The van der Waals surface area contributed by atoms with E-state index in [1.54, 1.807) is 18.7 Å². The lowest BCUT2D eigenvalue weighted by molar-refractivity contribution is -0.150. The number of aliphatic carboxylic acids is 1. The summed E-state index contributed by atoms with van der Waals surface area (Å²) in [6.45, 7) is 15.7. The minimum atomic E-state index is -1.02. The zero-order valence-electron chi connectivity index (χ0n) is 16.4. The van der Waals surface area contributed by atoms with Gasteiger partial charge in [0.1, 0.15) is 0 Å². The molecule has 1 aromatic rings. The summed E-state index contributed by atoms with van der Waals surface area (Å²) in [5, 5.41) is 9.39. The number of rotatable bonds is 2. The average molecular weight is 335 g/mol. The summed E-state index contributed by atoms with van der Waals surface area (Å²) >= 11 is 0. The minimum absolute atomic E-state index is 0.109. The van der Waals surface area contributed by atoms with Crippen molar-refractivity contribution in [1.82, 2.24) is 0 Å². The first-order valence-corrected chi connectivity index (χ1v) is 8.81. The highest BCUT2D eigenvalue weighted by atomic mass is 16.4. The molecule has 0 aliphatic carbocycles. The van der Waals surface area contributed by atoms with Gasteiger partial charge < -0.3 is 10.0 Å². The van der Waals surface area contributed by atoms with Crippen molar-refractivity contribution in [2.75, 3.05) is 11.4 Å². The molecule has 4 nitrogen and oxygen atoms in total. The fourth-order valence-corrected chi connectivity index (χ4v) is 2.72. The van der Waals surface area contributed by atoms with Crippen LogP contribution in [0.1, 0.15) is 59.1 Å². The minimum Gasteiger partial charge on any atom is -0.481 e. The lowest BCUT2D eigenvalue weighted by Crippen LogP contribution is -2.35. The molecule has 24 heavy (non-hydrogen) atoms. The number of nitrogens with zero attached hydrogens (tertiary/aromatic N) is 1. The fraction of sp³-hybridized carbons (Fsp3) is 0.600. The molecule has 1 N–H and O–H groups in total. The van der Waals surface area contributed by atoms with Crippen molar-refractivity contribution in [2.45, 2.75) is 61.8 Å². The number of amides is 1. The van der Waals surface area contributed by atoms with Crippen LogP contribution in [0.4, 0.5) is 5.69 Å². The van der Waals surface area contributed by atoms with Gasteiger partial charge in [-0.1, -0.05) is 59.2 Å². The molecular weight excluding hydrogens is 302 g/mol. The number of hydrogen-bond donors (Lipinski definition) is 1. The molecule has 0 radical (unpaired) electrons. The lowest BCUT2D eigenvalue weighted by atomic mass is 9.81. The first kappa shape index (κ1) is 22.2. The van der Waals surface area contributed by atoms with Crippen molar-refractivity contribution < 1.29 is 14.7 Å². The van der Waals surface area contributed by atoms with Crippen LogP contribution in [0.5, 0.6) is 0 Å². The predicted molar refractivity (Wildman–Crippen MR) is 100 cm³/mol. The largest absolute Gasteiger partial charge is 0.481 e. The molecule has 0 spiro atoms. The third-order valence-electron chi connectivity index (χ3n) is 4.28. The quantitative estimate of drug-likeness (QED) is 0.843. The molecule has 1 fully saturated rings. The SMILES string of the molecule is CC.CCC.Cc1cccc(C)c1N1CC(C)(C(=O)O)C(C)C1=O. The first-order valence-electron chi connectivity index (χ1n) is 8.81. The summed E-state index contributed by atoms with van der Waals surface area (Å²) in [4.78, 5) is 25.5. The van der Waals surface area contributed by atoms with E-state index in [0.717, 1.165) is 16.8 Å². The molecule has 1 saturated heterocycles. The van der Waals surface area contributed by atoms with E-state index in [1.807, 2.05) is 45.9 Å². The maximum absolute atomic E-state index is 12.4. The third kappa shape index (κ3) is 4.37. The number of hydrogen-bond acceptors (Lipinski definition) is 2. The first-order chi connectivity index (χ1) is 11.2. The number of anilines is 1. The highest BCUT2D eigenvalue weighted by Gasteiger charge is 2.52. The monoisotopic (exact) mass is 335 g/mol. The topological polar surface area (TPSA) is 57.6 Å². The standard InChI is InChI=1S/C15H19NO3.C3H8.C2H6/c1-9-6-5-7-10(2)12(9)16-8-15(4,14(18)19)11(3)13(16)17;1-3-2;1-2/h5-7,11H,8H2,1-4H3,(H,18,19);3H2,1-2H3;1-2H3. The van der Waals surface area contributed by atoms with Crippen LogP contribution in [0.25, 0.3) is 0 Å². The van der Waals surface area contributed by atoms with Gasteiger partial charge in [-0.3, -0.25) is 9.59 Å². The van der Waals surface area contributed by atoms with E-state index in [9.17, 15) is 14.7 Å². The smallest absolute Gasteiger partial charge is 0.311 e. The summed E-state index contributed by atoms with van der Waals surface area (Å²) < 4.78 is 0. The Hall–Kier alpha value is -1.84. The number of aryl methyl sites for hydroxylation is 2. The van der Waals surface area contributed by atoms with E-state index in [4.69, 9.17) is 0 Å². The van der Waals surface area contributed by atoms with Gasteiger partial charge in [0.05, 0.1) is 11.3 Å². The number of carbonyl (C=O) groups is 2. The van der Waals surface area contributed by atoms with Gasteiger partial charge >= 0.3 is 5.97 Å². The molecule has 2 atom stereocenters. The normalized spacial score (nSPS) is 22.2. The van der Waals surface area contributed by atoms with Crippen LogP contribution in [-0.4, -0.2) is 23.5 Å². The Labute approximate surface area is 146 Å². The highest BCUT2D eigenvalue weighted by molar-refractivity contribution is 6.03. The van der Waals surface area contributed by atoms with Gasteiger partial charge in [0, 0.05) is 12.2 Å². The number of para-hydroxylation sites is 1. The molecule has 1 amide bonds. The van der Waals surface area contributed by atoms with Gasteiger partial charge in [-0.15, -0.1) is 0 Å². The van der Waals surface area contributed by atoms with Gasteiger partial charge in [-0.2, -0.15) is 0 Å². The number of carbonyl (C=O) groups excluding carboxylic acids is 1. The summed E-state index contributed by atoms with van der Waals surface area (Å²) in [6, 6.07) is 5.82. The molecule has 1 heterocycles. The van der Waals surface area contributed by atoms with Crippen LogP contribution in [0.2, 0.25) is 0 Å². The molecule has 136 valence electrons. The van der Waals surface area contributed by atoms with Crippen LogP contribution >= 0.6 is 0 Å². The van der Waals surface area contributed by atoms with Crippen LogP contribution in [-0.2, 0) is 9.59 Å². The van der Waals surface area contributed by atoms with E-state index >= 15 is 0 Å². The molecule has 4 heteroatoms. The van der Waals surface area contributed by atoms with Crippen LogP contribution < -0.4 is 4.90 Å². The lowest BCUT2D eigenvalue weighted by Gasteiger charge is -2.23. The summed E-state index contributed by atoms with van der Waals surface area (Å²) in [5.74, 6) is -1.53. The molecule has 0 saturated carbocycles. The molecular formula is C20H33NO3. The zero-order valence-corrected chi connectivity index (χ0v) is 16.4. The summed E-state index contributed by atoms with van der Waals surface area (Å²) in [6.07, 6.45) is 1.25. The van der Waals surface area contributed by atoms with Gasteiger partial charge in [0.15, 0.2) is 0 Å². The number of carboxylic acids is 1. The van der Waals surface area contributed by atoms with E-state index < -0.39 is 17.3 Å². The summed E-state index contributed by atoms with van der Waals surface area (Å²) in [7, 11) is 0. The molecule has 1 aromatic carbocycles. The average Bonchev–Trinajstić information content (AvgIpc) is 2.76. The molecule has 1 aliphatic heterocycles. The second-order valence-corrected chi connectivity index (χ2v) is 6.32. The number of benzene rings is 1. The van der Waals surface area contributed by atoms with Crippen molar-refractivity contribution in [3.05, 3.63) is 29.3 Å². The maximum Gasteiger partial charge on any atom is 0.311 e. The van der Waals surface area contributed by atoms with Crippen molar-refractivity contribution in [1.29, 1.82) is 0 Å². The molecule has 0 bridgehead atoms. The van der Waals surface area contributed by atoms with E-state index in [2.05, 4.69) is 13.8 Å². The van der Waals surface area contributed by atoms with E-state index in [0.29, 0.717) is 0 Å². The van der Waals surface area contributed by atoms with Crippen molar-refractivity contribution in [2.24, 2.45) is 11.3 Å². The predicted octanol–water partition coefficient (Wildman–Crippen LogP) is 4.82. The Balaban J connectivity index is 0.000000952. The second-order valence-electron chi connectivity index (χ2n) is 6.32. The third-order valence-corrected chi connectivity index (χ3v) is 4.28. The van der Waals surface area contributed by atoms with Crippen molar-refractivity contribution in [3.63, 3.8) is 0 Å². The van der Waals surface area contributed by atoms with Gasteiger partial charge in [0.2, 0.25) is 5.91 Å². The second kappa shape index (κ2) is 9.45. The van der Waals surface area contributed by atoms with Crippen molar-refractivity contribution in [3.8, 4) is 0 Å². The molecule has 2 unspecified atom stereocenters. The Morgan fingerprint density at radius 2 is 1.67 bits per heavy atom. The van der Waals surface area contributed by atoms with E-state index in [1.165, 1.54) is 6.42 Å². The Kier molecular flexibility index (Phi) is 8.73. The fourth-order valence-electron chi connectivity index (χ4n) is 2.72. The Morgan fingerprint density at radius 1 is 1.25 bits per heavy atom. The van der Waals surface area contributed by atoms with Gasteiger partial charge in [0.25, 0.3) is 0 Å². The molecule has 1 aliphatic rings. The van der Waals surface area contributed by atoms with Gasteiger partial charge in [-0.05, 0) is 31.9 Å². The van der Waals surface area contributed by atoms with Crippen LogP contribution in [0.3, 0.4) is 0 Å². The Morgan fingerprint density at radius 3 is 2.00 bits per heavy atom. The number of carboxylic acid groups (broad SMARTS) is 1.